The van der Waals surface area contributed by atoms with E-state index < -0.39 is 40.0 Å². The lowest BCUT2D eigenvalue weighted by atomic mass is 9.88. The first-order valence-corrected chi connectivity index (χ1v) is 16.3. The largest absolute Gasteiger partial charge is 0.368 e. The number of benzene rings is 4. The number of rotatable bonds is 9. The monoisotopic (exact) mass is 667 g/mol. The number of nitrogens with two attached hydrogens (primary N) is 1. The summed E-state index contributed by atoms with van der Waals surface area (Å²) in [4.78, 5) is 26.5. The number of nitrogens with zero attached hydrogens (tertiary/aromatic N) is 1. The summed E-state index contributed by atoms with van der Waals surface area (Å²) in [6.07, 6.45) is 2.00. The average molecular weight is 669 g/mol. The van der Waals surface area contributed by atoms with Crippen molar-refractivity contribution in [2.75, 3.05) is 0 Å². The molecular formula is C33H28Cl3N3O4S. The maximum Gasteiger partial charge on any atom is 0.249 e. The number of primary amides is 1. The Bertz CT molecular complexity index is 1820. The van der Waals surface area contributed by atoms with Crippen LogP contribution >= 0.6 is 34.8 Å². The maximum atomic E-state index is 14.6. The highest BCUT2D eigenvalue weighted by molar-refractivity contribution is 7.89. The van der Waals surface area contributed by atoms with E-state index in [1.54, 1.807) is 54.6 Å². The van der Waals surface area contributed by atoms with Crippen molar-refractivity contribution >= 4 is 56.6 Å². The van der Waals surface area contributed by atoms with Gasteiger partial charge in [-0.3, -0.25) is 9.59 Å². The van der Waals surface area contributed by atoms with E-state index in [4.69, 9.17) is 40.5 Å². The van der Waals surface area contributed by atoms with Gasteiger partial charge < -0.3 is 11.1 Å². The molecule has 44 heavy (non-hydrogen) atoms. The molecule has 2 amide bonds. The average Bonchev–Trinajstić information content (AvgIpc) is 3.00. The number of carbonyl (C=O) groups is 2. The highest BCUT2D eigenvalue weighted by atomic mass is 35.5. The fourth-order valence-corrected chi connectivity index (χ4v) is 7.64. The molecule has 0 bridgehead atoms. The van der Waals surface area contributed by atoms with Gasteiger partial charge in [-0.25, -0.2) is 8.42 Å². The van der Waals surface area contributed by atoms with Crippen LogP contribution in [0, 0.1) is 0 Å². The van der Waals surface area contributed by atoms with E-state index in [0.29, 0.717) is 26.2 Å². The molecule has 0 aromatic heterocycles. The van der Waals surface area contributed by atoms with E-state index in [9.17, 15) is 18.0 Å². The highest BCUT2D eigenvalue weighted by Crippen LogP contribution is 2.46. The van der Waals surface area contributed by atoms with Crippen LogP contribution in [0.3, 0.4) is 0 Å². The van der Waals surface area contributed by atoms with Gasteiger partial charge in [-0.2, -0.15) is 4.31 Å². The number of carbonyl (C=O) groups excluding carboxylic acids is 2. The zero-order chi connectivity index (χ0) is 31.4. The van der Waals surface area contributed by atoms with Crippen LogP contribution < -0.4 is 11.1 Å². The molecule has 3 atom stereocenters. The SMILES string of the molecule is NC(=O)[C@H](Cc1ccccc1)NC(=O)C1=CC[C@@H](c2cccc(Cl)c2)N(S(=O)(=O)c2ccc(Cl)cc2)[C@H]1c1cccc(Cl)c1. The number of amides is 2. The minimum absolute atomic E-state index is 0.0123. The first kappa shape index (κ1) is 31.8. The van der Waals surface area contributed by atoms with Gasteiger partial charge in [-0.1, -0.05) is 95.5 Å². The standard InChI is InChI=1S/C33H28Cl3N3O4S/c34-24-12-14-27(15-13-24)44(42,43)39-30(22-8-4-10-25(35)19-22)17-16-28(31(39)23-9-5-11-26(36)20-23)33(41)38-29(32(37)40)18-21-6-2-1-3-7-21/h1-16,19-20,29-31H,17-18H2,(H2,37,40)(H,38,41)/t29-,30-,31-/m0/s1. The quantitative estimate of drug-likeness (QED) is 0.208. The van der Waals surface area contributed by atoms with E-state index in [2.05, 4.69) is 5.32 Å². The van der Waals surface area contributed by atoms with Crippen LogP contribution in [-0.4, -0.2) is 30.6 Å². The maximum absolute atomic E-state index is 14.6. The van der Waals surface area contributed by atoms with Gasteiger partial charge in [-0.15, -0.1) is 0 Å². The Labute approximate surface area is 271 Å². The van der Waals surface area contributed by atoms with Crippen LogP contribution in [0.4, 0.5) is 0 Å². The molecule has 0 spiro atoms. The number of sulfonamides is 1. The first-order valence-electron chi connectivity index (χ1n) is 13.7. The lowest BCUT2D eigenvalue weighted by Crippen LogP contribution is -2.49. The second-order valence-corrected chi connectivity index (χ2v) is 13.5. The van der Waals surface area contributed by atoms with E-state index in [1.807, 2.05) is 30.3 Å². The molecule has 0 unspecified atom stereocenters. The summed E-state index contributed by atoms with van der Waals surface area (Å²) in [5.41, 5.74) is 7.73. The molecule has 5 rings (SSSR count). The third-order valence-electron chi connectivity index (χ3n) is 7.40. The van der Waals surface area contributed by atoms with Gasteiger partial charge in [0.2, 0.25) is 21.8 Å². The van der Waals surface area contributed by atoms with Crippen molar-refractivity contribution < 1.29 is 18.0 Å². The molecular weight excluding hydrogens is 641 g/mol. The van der Waals surface area contributed by atoms with Gasteiger partial charge in [0.25, 0.3) is 0 Å². The number of halogens is 3. The van der Waals surface area contributed by atoms with Crippen molar-refractivity contribution in [1.29, 1.82) is 0 Å². The molecule has 7 nitrogen and oxygen atoms in total. The third kappa shape index (κ3) is 7.01. The van der Waals surface area contributed by atoms with Crippen LogP contribution in [0.2, 0.25) is 15.1 Å². The van der Waals surface area contributed by atoms with Gasteiger partial charge in [-0.05, 0) is 71.6 Å². The Kier molecular flexibility index (Phi) is 9.78. The van der Waals surface area contributed by atoms with Gasteiger partial charge in [0.1, 0.15) is 6.04 Å². The van der Waals surface area contributed by atoms with Gasteiger partial charge in [0.05, 0.1) is 17.0 Å². The summed E-state index contributed by atoms with van der Waals surface area (Å²) < 4.78 is 30.4. The van der Waals surface area contributed by atoms with Crippen molar-refractivity contribution in [1.82, 2.24) is 9.62 Å². The fraction of sp³-hybridized carbons (Fsp3) is 0.152. The molecule has 0 aliphatic carbocycles. The van der Waals surface area contributed by atoms with Crippen LogP contribution in [0.15, 0.2) is 120 Å². The minimum atomic E-state index is -4.28. The van der Waals surface area contributed by atoms with Crippen LogP contribution in [0.1, 0.15) is 35.2 Å². The molecule has 226 valence electrons. The predicted octanol–water partition coefficient (Wildman–Crippen LogP) is 6.66. The Hall–Kier alpha value is -3.66. The van der Waals surface area contributed by atoms with Crippen LogP contribution in [-0.2, 0) is 26.0 Å². The Morgan fingerprint density at radius 2 is 1.43 bits per heavy atom. The Balaban J connectivity index is 1.65. The van der Waals surface area contributed by atoms with Gasteiger partial charge >= 0.3 is 0 Å². The predicted molar refractivity (Wildman–Crippen MR) is 173 cm³/mol. The molecule has 3 N–H and O–H groups in total. The summed E-state index contributed by atoms with van der Waals surface area (Å²) in [7, 11) is -4.28. The van der Waals surface area contributed by atoms with Crippen molar-refractivity contribution in [3.8, 4) is 0 Å². The molecule has 0 saturated carbocycles. The molecule has 4 aromatic carbocycles. The molecule has 1 heterocycles. The van der Waals surface area contributed by atoms with Crippen molar-refractivity contribution in [3.63, 3.8) is 0 Å². The van der Waals surface area contributed by atoms with Crippen molar-refractivity contribution in [2.45, 2.75) is 35.9 Å². The highest BCUT2D eigenvalue weighted by Gasteiger charge is 2.45. The molecule has 0 saturated heterocycles. The van der Waals surface area contributed by atoms with E-state index in [0.717, 1.165) is 5.56 Å². The summed E-state index contributed by atoms with van der Waals surface area (Å²) in [5, 5.41) is 3.92. The first-order chi connectivity index (χ1) is 21.0. The molecule has 4 aromatic rings. The van der Waals surface area contributed by atoms with E-state index in [-0.39, 0.29) is 23.3 Å². The minimum Gasteiger partial charge on any atom is -0.368 e. The van der Waals surface area contributed by atoms with E-state index >= 15 is 0 Å². The van der Waals surface area contributed by atoms with Crippen molar-refractivity contribution in [3.05, 3.63) is 147 Å². The van der Waals surface area contributed by atoms with Crippen LogP contribution in [0.5, 0.6) is 0 Å². The summed E-state index contributed by atoms with van der Waals surface area (Å²) in [6.45, 7) is 0. The molecule has 11 heteroatoms. The Morgan fingerprint density at radius 1 is 0.818 bits per heavy atom. The van der Waals surface area contributed by atoms with Crippen molar-refractivity contribution in [2.24, 2.45) is 5.73 Å². The van der Waals surface area contributed by atoms with E-state index in [1.165, 1.54) is 28.6 Å². The number of hydrogen-bond donors (Lipinski definition) is 2. The second-order valence-electron chi connectivity index (χ2n) is 10.3. The Morgan fingerprint density at radius 3 is 2.05 bits per heavy atom. The molecule has 1 aliphatic heterocycles. The molecule has 0 radical (unpaired) electrons. The fourth-order valence-electron chi connectivity index (χ4n) is 5.34. The third-order valence-corrected chi connectivity index (χ3v) is 10.0. The normalized spacial score (nSPS) is 17.8. The molecule has 1 aliphatic rings. The lowest BCUT2D eigenvalue weighted by Gasteiger charge is -2.41. The number of hydrogen-bond acceptors (Lipinski definition) is 4. The summed E-state index contributed by atoms with van der Waals surface area (Å²) in [6, 6.07) is 25.7. The summed E-state index contributed by atoms with van der Waals surface area (Å²) >= 11 is 18.8. The van der Waals surface area contributed by atoms with Gasteiger partial charge in [0, 0.05) is 27.1 Å². The zero-order valence-corrected chi connectivity index (χ0v) is 26.3. The molecule has 0 fully saturated rings. The smallest absolute Gasteiger partial charge is 0.249 e. The number of nitrogens with one attached hydrogen (secondary N) is 1. The topological polar surface area (TPSA) is 110 Å². The lowest BCUT2D eigenvalue weighted by molar-refractivity contribution is -0.125. The van der Waals surface area contributed by atoms with Gasteiger partial charge in [0.15, 0.2) is 0 Å². The van der Waals surface area contributed by atoms with Crippen LogP contribution in [0.25, 0.3) is 0 Å². The zero-order valence-electron chi connectivity index (χ0n) is 23.2. The second kappa shape index (κ2) is 13.5. The summed E-state index contributed by atoms with van der Waals surface area (Å²) in [5.74, 6) is -1.35.